The Morgan fingerprint density at radius 2 is 1.93 bits per heavy atom. The van der Waals surface area contributed by atoms with E-state index in [0.717, 1.165) is 25.7 Å². The van der Waals surface area contributed by atoms with Gasteiger partial charge in [-0.15, -0.1) is 10.1 Å². The molecular formula is C28H35FN8O3. The number of hydrogen-bond acceptors (Lipinski definition) is 10. The fraction of sp³-hybridized carbons (Fsp3) is 0.464. The van der Waals surface area contributed by atoms with Crippen LogP contribution in [0.3, 0.4) is 0 Å². The number of anilines is 1. The third-order valence-corrected chi connectivity index (χ3v) is 6.67. The molecule has 1 unspecified atom stereocenters. The van der Waals surface area contributed by atoms with E-state index in [2.05, 4.69) is 32.1 Å². The molecule has 0 aliphatic carbocycles. The maximum Gasteiger partial charge on any atom is 0.329 e. The van der Waals surface area contributed by atoms with Gasteiger partial charge in [0.2, 0.25) is 11.8 Å². The normalized spacial score (nSPS) is 11.9. The molecule has 0 amide bonds. The summed E-state index contributed by atoms with van der Waals surface area (Å²) in [5.74, 6) is 0.240. The Balaban J connectivity index is 1.93. The highest BCUT2D eigenvalue weighted by Crippen LogP contribution is 2.30. The highest BCUT2D eigenvalue weighted by Gasteiger charge is 2.21. The van der Waals surface area contributed by atoms with Crippen LogP contribution in [0.25, 0.3) is 0 Å². The van der Waals surface area contributed by atoms with Crippen molar-refractivity contribution < 1.29 is 14.2 Å². The second kappa shape index (κ2) is 14.1. The van der Waals surface area contributed by atoms with E-state index in [-0.39, 0.29) is 52.9 Å². The molecule has 2 heterocycles. The Bertz CT molecular complexity index is 1450. The van der Waals surface area contributed by atoms with Crippen molar-refractivity contribution in [1.29, 1.82) is 5.26 Å². The molecule has 40 heavy (non-hydrogen) atoms. The van der Waals surface area contributed by atoms with Crippen molar-refractivity contribution in [2.24, 2.45) is 16.1 Å². The molecule has 212 valence electrons. The topological polar surface area (TPSA) is 142 Å². The van der Waals surface area contributed by atoms with E-state index < -0.39 is 11.6 Å². The molecule has 1 N–H and O–H groups in total. The lowest BCUT2D eigenvalue weighted by Crippen LogP contribution is -2.25. The van der Waals surface area contributed by atoms with Crippen molar-refractivity contribution >= 4 is 17.3 Å². The number of benzene rings is 1. The minimum atomic E-state index is -0.963. The Labute approximate surface area is 233 Å². The predicted molar refractivity (Wildman–Crippen MR) is 149 cm³/mol. The standard InChI is InChI=1S/C28H35FN8O3/c1-6-10-12-19(7-2)17-37-24(38)22(16-30)18(5)23(25(37)39)35-34-20-13-11-14-21(15-20)40-28-32-26(29)31-27(33-28)36(8-3)9-4/h11,13-15,19,38H,6-10,12,17H2,1-5H3. The molecule has 3 aromatic rings. The Hall–Kier alpha value is -4.40. The van der Waals surface area contributed by atoms with Gasteiger partial charge in [0.25, 0.3) is 5.56 Å². The van der Waals surface area contributed by atoms with Crippen LogP contribution in [0.2, 0.25) is 0 Å². The number of aromatic hydroxyl groups is 1. The molecule has 2 aromatic heterocycles. The molecule has 0 saturated carbocycles. The monoisotopic (exact) mass is 550 g/mol. The number of nitrogens with zero attached hydrogens (tertiary/aromatic N) is 8. The van der Waals surface area contributed by atoms with Crippen molar-refractivity contribution in [2.45, 2.75) is 66.8 Å². The zero-order valence-corrected chi connectivity index (χ0v) is 23.6. The number of unbranched alkanes of at least 4 members (excludes halogenated alkanes) is 1. The highest BCUT2D eigenvalue weighted by molar-refractivity contribution is 5.57. The molecule has 0 aliphatic rings. The molecule has 0 spiro atoms. The van der Waals surface area contributed by atoms with Crippen LogP contribution < -0.4 is 15.2 Å². The van der Waals surface area contributed by atoms with E-state index in [1.165, 1.54) is 10.6 Å². The Morgan fingerprint density at radius 3 is 2.58 bits per heavy atom. The van der Waals surface area contributed by atoms with E-state index in [0.29, 0.717) is 18.8 Å². The average molecular weight is 551 g/mol. The SMILES string of the molecule is CCCCC(CC)Cn1c(O)c(C#N)c(C)c(N=Nc2cccc(Oc3nc(F)nc(N(CC)CC)n3)c2)c1=O. The summed E-state index contributed by atoms with van der Waals surface area (Å²) in [6.45, 7) is 10.9. The van der Waals surface area contributed by atoms with Crippen LogP contribution in [0.1, 0.15) is 64.5 Å². The summed E-state index contributed by atoms with van der Waals surface area (Å²) in [7, 11) is 0. The zero-order valence-electron chi connectivity index (χ0n) is 23.6. The van der Waals surface area contributed by atoms with Gasteiger partial charge >= 0.3 is 12.1 Å². The molecule has 3 rings (SSSR count). The lowest BCUT2D eigenvalue weighted by molar-refractivity contribution is 0.339. The van der Waals surface area contributed by atoms with Gasteiger partial charge in [-0.05, 0) is 45.2 Å². The zero-order chi connectivity index (χ0) is 29.2. The molecule has 1 atom stereocenters. The summed E-state index contributed by atoms with van der Waals surface area (Å²) in [4.78, 5) is 26.7. The first-order valence-corrected chi connectivity index (χ1v) is 13.5. The summed E-state index contributed by atoms with van der Waals surface area (Å²) >= 11 is 0. The number of rotatable bonds is 13. The van der Waals surface area contributed by atoms with Crippen LogP contribution >= 0.6 is 0 Å². The summed E-state index contributed by atoms with van der Waals surface area (Å²) < 4.78 is 20.9. The van der Waals surface area contributed by atoms with Gasteiger partial charge in [-0.3, -0.25) is 9.36 Å². The van der Waals surface area contributed by atoms with E-state index in [4.69, 9.17) is 4.74 Å². The van der Waals surface area contributed by atoms with Crippen LogP contribution in [0.5, 0.6) is 17.6 Å². The van der Waals surface area contributed by atoms with Crippen LogP contribution in [-0.4, -0.2) is 37.7 Å². The van der Waals surface area contributed by atoms with Crippen molar-refractivity contribution in [1.82, 2.24) is 19.5 Å². The molecule has 11 nitrogen and oxygen atoms in total. The molecular weight excluding hydrogens is 515 g/mol. The number of ether oxygens (including phenoxy) is 1. The third kappa shape index (κ3) is 7.16. The largest absolute Gasteiger partial charge is 0.493 e. The van der Waals surface area contributed by atoms with E-state index >= 15 is 0 Å². The fourth-order valence-corrected chi connectivity index (χ4v) is 4.24. The highest BCUT2D eigenvalue weighted by atomic mass is 19.1. The van der Waals surface area contributed by atoms with Gasteiger partial charge in [0.05, 0.1) is 5.69 Å². The molecule has 0 aliphatic heterocycles. The number of halogens is 1. The van der Waals surface area contributed by atoms with Gasteiger partial charge in [0, 0.05) is 31.3 Å². The lowest BCUT2D eigenvalue weighted by Gasteiger charge is -2.19. The van der Waals surface area contributed by atoms with Crippen LogP contribution in [-0.2, 0) is 6.54 Å². The molecule has 12 heteroatoms. The fourth-order valence-electron chi connectivity index (χ4n) is 4.24. The van der Waals surface area contributed by atoms with Crippen LogP contribution in [0, 0.1) is 30.3 Å². The van der Waals surface area contributed by atoms with Crippen LogP contribution in [0.15, 0.2) is 39.3 Å². The first kappa shape index (κ1) is 30.1. The Kier molecular flexibility index (Phi) is 10.6. The van der Waals surface area contributed by atoms with Gasteiger partial charge in [-0.2, -0.15) is 24.7 Å². The minimum Gasteiger partial charge on any atom is -0.493 e. The molecule has 0 fully saturated rings. The summed E-state index contributed by atoms with van der Waals surface area (Å²) in [5, 5.41) is 28.8. The smallest absolute Gasteiger partial charge is 0.329 e. The number of pyridine rings is 1. The van der Waals surface area contributed by atoms with Gasteiger partial charge in [-0.25, -0.2) is 0 Å². The summed E-state index contributed by atoms with van der Waals surface area (Å²) in [5.41, 5.74) is 0.00173. The molecule has 0 saturated heterocycles. The van der Waals surface area contributed by atoms with E-state index in [9.17, 15) is 19.6 Å². The van der Waals surface area contributed by atoms with E-state index in [1.54, 1.807) is 30.0 Å². The van der Waals surface area contributed by atoms with Gasteiger partial charge in [-0.1, -0.05) is 39.2 Å². The van der Waals surface area contributed by atoms with Crippen molar-refractivity contribution in [2.75, 3.05) is 18.0 Å². The second-order valence-corrected chi connectivity index (χ2v) is 9.28. The first-order chi connectivity index (χ1) is 19.3. The van der Waals surface area contributed by atoms with Crippen molar-refractivity contribution in [3.05, 3.63) is 51.8 Å². The quantitative estimate of drug-likeness (QED) is 0.243. The van der Waals surface area contributed by atoms with Crippen molar-refractivity contribution in [3.8, 4) is 23.7 Å². The van der Waals surface area contributed by atoms with Gasteiger partial charge in [0.15, 0.2) is 5.69 Å². The maximum absolute atomic E-state index is 14.0. The molecule has 1 aromatic carbocycles. The van der Waals surface area contributed by atoms with Crippen molar-refractivity contribution in [3.63, 3.8) is 0 Å². The third-order valence-electron chi connectivity index (χ3n) is 6.67. The van der Waals surface area contributed by atoms with Gasteiger partial charge in [0.1, 0.15) is 17.4 Å². The minimum absolute atomic E-state index is 0.0168. The first-order valence-electron chi connectivity index (χ1n) is 13.5. The molecule has 0 bridgehead atoms. The number of azo groups is 1. The maximum atomic E-state index is 14.0. The lowest BCUT2D eigenvalue weighted by atomic mass is 9.99. The summed E-state index contributed by atoms with van der Waals surface area (Å²) in [6.07, 6.45) is 2.79. The Morgan fingerprint density at radius 1 is 1.18 bits per heavy atom. The number of hydrogen-bond donors (Lipinski definition) is 1. The summed E-state index contributed by atoms with van der Waals surface area (Å²) in [6, 6.07) is 8.20. The van der Waals surface area contributed by atoms with Gasteiger partial charge < -0.3 is 14.7 Å². The number of aromatic nitrogens is 4. The molecule has 0 radical (unpaired) electrons. The number of nitriles is 1. The van der Waals surface area contributed by atoms with Crippen LogP contribution in [0.4, 0.5) is 21.7 Å². The average Bonchev–Trinajstić information content (AvgIpc) is 2.93. The van der Waals surface area contributed by atoms with E-state index in [1.807, 2.05) is 26.8 Å². The predicted octanol–water partition coefficient (Wildman–Crippen LogP) is 6.33. The second-order valence-electron chi connectivity index (χ2n) is 9.28.